The van der Waals surface area contributed by atoms with Crippen LogP contribution in [0.5, 0.6) is 0 Å². The van der Waals surface area contributed by atoms with Crippen LogP contribution in [0.1, 0.15) is 60.8 Å². The Bertz CT molecular complexity index is 718. The number of aliphatic hydroxyl groups excluding tert-OH is 1. The molecule has 3 rings (SSSR count). The van der Waals surface area contributed by atoms with Gasteiger partial charge in [-0.25, -0.2) is 4.79 Å². The van der Waals surface area contributed by atoms with Gasteiger partial charge in [-0.1, -0.05) is 6.92 Å². The maximum Gasteiger partial charge on any atom is 0.341 e. The molecule has 2 heterocycles. The molecule has 0 saturated carbocycles. The Hall–Kier alpha value is -1.44. The van der Waals surface area contributed by atoms with Crippen molar-refractivity contribution in [1.29, 1.82) is 0 Å². The van der Waals surface area contributed by atoms with Crippen molar-refractivity contribution < 1.29 is 19.4 Å². The zero-order chi connectivity index (χ0) is 20.3. The van der Waals surface area contributed by atoms with E-state index in [1.807, 2.05) is 6.92 Å². The third-order valence-corrected chi connectivity index (χ3v) is 7.13. The zero-order valence-electron chi connectivity index (χ0n) is 17.1. The highest BCUT2D eigenvalue weighted by Gasteiger charge is 2.32. The van der Waals surface area contributed by atoms with Gasteiger partial charge in [0.1, 0.15) is 5.00 Å². The van der Waals surface area contributed by atoms with Gasteiger partial charge in [0.25, 0.3) is 0 Å². The quantitative estimate of drug-likeness (QED) is 0.707. The van der Waals surface area contributed by atoms with Crippen LogP contribution in [0.3, 0.4) is 0 Å². The number of carbonyl (C=O) groups excluding carboxylic acids is 2. The molecular weight excluding hydrogens is 376 g/mol. The second-order valence-electron chi connectivity index (χ2n) is 8.13. The molecule has 1 amide bonds. The lowest BCUT2D eigenvalue weighted by atomic mass is 9.88. The van der Waals surface area contributed by atoms with E-state index in [2.05, 4.69) is 17.1 Å². The molecule has 1 saturated heterocycles. The van der Waals surface area contributed by atoms with Crippen molar-refractivity contribution in [2.75, 3.05) is 31.6 Å². The van der Waals surface area contributed by atoms with Crippen molar-refractivity contribution >= 4 is 28.2 Å². The van der Waals surface area contributed by atoms with Gasteiger partial charge in [0.2, 0.25) is 5.91 Å². The van der Waals surface area contributed by atoms with Gasteiger partial charge in [-0.15, -0.1) is 11.3 Å². The van der Waals surface area contributed by atoms with Crippen LogP contribution in [0.2, 0.25) is 0 Å². The summed E-state index contributed by atoms with van der Waals surface area (Å²) in [4.78, 5) is 28.9. The maximum absolute atomic E-state index is 13.0. The van der Waals surface area contributed by atoms with E-state index in [-0.39, 0.29) is 30.4 Å². The summed E-state index contributed by atoms with van der Waals surface area (Å²) in [5.74, 6) is 0.383. The Balaban J connectivity index is 1.78. The van der Waals surface area contributed by atoms with Gasteiger partial charge >= 0.3 is 5.97 Å². The van der Waals surface area contributed by atoms with E-state index in [4.69, 9.17) is 4.74 Å². The maximum atomic E-state index is 13.0. The van der Waals surface area contributed by atoms with Gasteiger partial charge < -0.3 is 15.2 Å². The minimum absolute atomic E-state index is 0.101. The monoisotopic (exact) mass is 408 g/mol. The number of amides is 1. The average Bonchev–Trinajstić information content (AvgIpc) is 3.04. The molecule has 6 nitrogen and oxygen atoms in total. The van der Waals surface area contributed by atoms with Crippen LogP contribution in [0.4, 0.5) is 5.00 Å². The standard InChI is InChI=1S/C21H32N2O4S/c1-4-27-21(26)18-16-8-7-13(2)10-17(16)28-20(18)22-19(25)14(3)23-9-5-6-15(11-23)12-24/h13-15,24H,4-12H2,1-3H3,(H,22,25). The number of aliphatic hydroxyl groups is 1. The van der Waals surface area contributed by atoms with Crippen LogP contribution >= 0.6 is 11.3 Å². The van der Waals surface area contributed by atoms with E-state index in [0.29, 0.717) is 23.1 Å². The predicted octanol–water partition coefficient (Wildman–Crippen LogP) is 3.08. The Morgan fingerprint density at radius 1 is 1.39 bits per heavy atom. The van der Waals surface area contributed by atoms with E-state index < -0.39 is 0 Å². The second kappa shape index (κ2) is 9.37. The Morgan fingerprint density at radius 3 is 2.89 bits per heavy atom. The summed E-state index contributed by atoms with van der Waals surface area (Å²) in [6, 6.07) is -0.303. The lowest BCUT2D eigenvalue weighted by molar-refractivity contribution is -0.121. The lowest BCUT2D eigenvalue weighted by Crippen LogP contribution is -2.47. The topological polar surface area (TPSA) is 78.9 Å². The predicted molar refractivity (Wildman–Crippen MR) is 111 cm³/mol. The van der Waals surface area contributed by atoms with Crippen molar-refractivity contribution in [3.8, 4) is 0 Å². The molecule has 2 N–H and O–H groups in total. The number of carbonyl (C=O) groups is 2. The van der Waals surface area contributed by atoms with E-state index in [0.717, 1.165) is 50.8 Å². The first-order valence-electron chi connectivity index (χ1n) is 10.4. The molecule has 1 aromatic heterocycles. The first-order valence-corrected chi connectivity index (χ1v) is 11.2. The van der Waals surface area contributed by atoms with Crippen molar-refractivity contribution in [3.05, 3.63) is 16.0 Å². The molecule has 3 atom stereocenters. The number of rotatable bonds is 6. The van der Waals surface area contributed by atoms with Crippen molar-refractivity contribution in [2.45, 2.75) is 58.9 Å². The van der Waals surface area contributed by atoms with E-state index in [1.54, 1.807) is 6.92 Å². The summed E-state index contributed by atoms with van der Waals surface area (Å²) < 4.78 is 5.29. The molecule has 1 aliphatic carbocycles. The number of esters is 1. The van der Waals surface area contributed by atoms with Crippen molar-refractivity contribution in [1.82, 2.24) is 4.90 Å². The van der Waals surface area contributed by atoms with E-state index in [1.165, 1.54) is 16.2 Å². The highest BCUT2D eigenvalue weighted by atomic mass is 32.1. The average molecular weight is 409 g/mol. The molecular formula is C21H32N2O4S. The summed E-state index contributed by atoms with van der Waals surface area (Å²) in [5, 5.41) is 13.1. The molecule has 1 aliphatic heterocycles. The minimum atomic E-state index is -0.337. The highest BCUT2D eigenvalue weighted by Crippen LogP contribution is 2.40. The first-order chi connectivity index (χ1) is 13.4. The number of anilines is 1. The highest BCUT2D eigenvalue weighted by molar-refractivity contribution is 7.17. The Kier molecular flexibility index (Phi) is 7.12. The molecule has 1 aromatic rings. The largest absolute Gasteiger partial charge is 0.462 e. The molecule has 0 bridgehead atoms. The lowest BCUT2D eigenvalue weighted by Gasteiger charge is -2.35. The number of nitrogens with one attached hydrogen (secondary N) is 1. The Labute approximate surface area is 171 Å². The molecule has 156 valence electrons. The van der Waals surface area contributed by atoms with Crippen LogP contribution in [-0.2, 0) is 22.4 Å². The van der Waals surface area contributed by atoms with E-state index >= 15 is 0 Å². The number of nitrogens with zero attached hydrogens (tertiary/aromatic N) is 1. The molecule has 0 aromatic carbocycles. The van der Waals surface area contributed by atoms with Gasteiger partial charge in [0.15, 0.2) is 0 Å². The van der Waals surface area contributed by atoms with Crippen LogP contribution in [-0.4, -0.2) is 54.2 Å². The fourth-order valence-electron chi connectivity index (χ4n) is 4.24. The smallest absolute Gasteiger partial charge is 0.341 e. The first kappa shape index (κ1) is 21.3. The molecule has 0 spiro atoms. The second-order valence-corrected chi connectivity index (χ2v) is 9.23. The van der Waals surface area contributed by atoms with Gasteiger partial charge in [0, 0.05) is 18.0 Å². The number of fused-ring (bicyclic) bond motifs is 1. The summed E-state index contributed by atoms with van der Waals surface area (Å²) in [7, 11) is 0. The van der Waals surface area contributed by atoms with Crippen LogP contribution in [0, 0.1) is 11.8 Å². The minimum Gasteiger partial charge on any atom is -0.462 e. The number of piperidine rings is 1. The van der Waals surface area contributed by atoms with Crippen LogP contribution in [0.25, 0.3) is 0 Å². The molecule has 28 heavy (non-hydrogen) atoms. The fourth-order valence-corrected chi connectivity index (χ4v) is 5.64. The van der Waals surface area contributed by atoms with Gasteiger partial charge in [0.05, 0.1) is 18.2 Å². The van der Waals surface area contributed by atoms with Gasteiger partial charge in [-0.05, 0) is 69.9 Å². The SMILES string of the molecule is CCOC(=O)c1c(NC(=O)C(C)N2CCCC(CO)C2)sc2c1CCC(C)C2. The third-order valence-electron chi connectivity index (χ3n) is 5.96. The van der Waals surface area contributed by atoms with E-state index in [9.17, 15) is 14.7 Å². The molecule has 7 heteroatoms. The summed E-state index contributed by atoms with van der Waals surface area (Å²) in [6.45, 7) is 7.99. The molecule has 1 fully saturated rings. The van der Waals surface area contributed by atoms with Crippen molar-refractivity contribution in [3.63, 3.8) is 0 Å². The van der Waals surface area contributed by atoms with Crippen molar-refractivity contribution in [2.24, 2.45) is 11.8 Å². The number of hydrogen-bond acceptors (Lipinski definition) is 6. The zero-order valence-corrected chi connectivity index (χ0v) is 17.9. The molecule has 2 aliphatic rings. The summed E-state index contributed by atoms with van der Waals surface area (Å²) in [5.41, 5.74) is 1.61. The van der Waals surface area contributed by atoms with Gasteiger partial charge in [-0.3, -0.25) is 9.69 Å². The number of ether oxygens (including phenoxy) is 1. The normalized spacial score (nSPS) is 23.7. The number of thiophene rings is 1. The molecule has 0 radical (unpaired) electrons. The van der Waals surface area contributed by atoms with Gasteiger partial charge in [-0.2, -0.15) is 0 Å². The fraction of sp³-hybridized carbons (Fsp3) is 0.714. The summed E-state index contributed by atoms with van der Waals surface area (Å²) >= 11 is 1.53. The number of hydrogen-bond donors (Lipinski definition) is 2. The molecule has 3 unspecified atom stereocenters. The summed E-state index contributed by atoms with van der Waals surface area (Å²) in [6.07, 6.45) is 4.85. The van der Waals surface area contributed by atoms with Crippen LogP contribution in [0.15, 0.2) is 0 Å². The van der Waals surface area contributed by atoms with Crippen LogP contribution < -0.4 is 5.32 Å². The Morgan fingerprint density at radius 2 is 2.18 bits per heavy atom. The number of likely N-dealkylation sites (tertiary alicyclic amines) is 1. The third kappa shape index (κ3) is 4.58.